The summed E-state index contributed by atoms with van der Waals surface area (Å²) in [6.45, 7) is 9.35. The van der Waals surface area contributed by atoms with Crippen LogP contribution in [-0.2, 0) is 4.79 Å². The van der Waals surface area contributed by atoms with Crippen molar-refractivity contribution in [3.05, 3.63) is 77.1 Å². The molecule has 0 radical (unpaired) electrons. The molecule has 0 bridgehead atoms. The SMILES string of the molecule is CCN(CC)CCN(CC(=O)N1CCCN(c2ccc(-c3ccccc3Cl)nn2)CC1)C(=O)c1ccc(F)cc1. The fourth-order valence-corrected chi connectivity index (χ4v) is 5.03. The first-order chi connectivity index (χ1) is 19.4. The van der Waals surface area contributed by atoms with Gasteiger partial charge < -0.3 is 19.6 Å². The summed E-state index contributed by atoms with van der Waals surface area (Å²) in [4.78, 5) is 34.4. The second-order valence-electron chi connectivity index (χ2n) is 9.74. The topological polar surface area (TPSA) is 72.9 Å². The summed E-state index contributed by atoms with van der Waals surface area (Å²) in [5.74, 6) is -0.0279. The summed E-state index contributed by atoms with van der Waals surface area (Å²) >= 11 is 6.30. The molecule has 8 nitrogen and oxygen atoms in total. The van der Waals surface area contributed by atoms with Crippen LogP contribution in [0.2, 0.25) is 5.02 Å². The van der Waals surface area contributed by atoms with Crippen LogP contribution in [0.5, 0.6) is 0 Å². The molecule has 0 unspecified atom stereocenters. The summed E-state index contributed by atoms with van der Waals surface area (Å²) < 4.78 is 13.4. The van der Waals surface area contributed by atoms with Crippen molar-refractivity contribution in [2.45, 2.75) is 20.3 Å². The number of hydrogen-bond acceptors (Lipinski definition) is 6. The number of hydrogen-bond donors (Lipinski definition) is 0. The largest absolute Gasteiger partial charge is 0.353 e. The van der Waals surface area contributed by atoms with Crippen molar-refractivity contribution in [2.24, 2.45) is 0 Å². The number of halogens is 2. The van der Waals surface area contributed by atoms with Crippen LogP contribution in [0.25, 0.3) is 11.3 Å². The van der Waals surface area contributed by atoms with Crippen molar-refractivity contribution in [1.29, 1.82) is 0 Å². The third kappa shape index (κ3) is 7.55. The van der Waals surface area contributed by atoms with E-state index in [0.29, 0.717) is 49.0 Å². The first-order valence-corrected chi connectivity index (χ1v) is 14.2. The highest BCUT2D eigenvalue weighted by Crippen LogP contribution is 2.26. The molecule has 2 amide bonds. The Morgan fingerprint density at radius 3 is 2.33 bits per heavy atom. The van der Waals surface area contributed by atoms with Crippen LogP contribution in [0.3, 0.4) is 0 Å². The third-order valence-electron chi connectivity index (χ3n) is 7.26. The lowest BCUT2D eigenvalue weighted by Crippen LogP contribution is -2.46. The molecule has 1 saturated heterocycles. The predicted molar refractivity (Wildman–Crippen MR) is 156 cm³/mol. The molecule has 1 aromatic heterocycles. The zero-order valence-corrected chi connectivity index (χ0v) is 23.9. The lowest BCUT2D eigenvalue weighted by atomic mass is 10.1. The van der Waals surface area contributed by atoms with Crippen LogP contribution in [0.4, 0.5) is 10.2 Å². The lowest BCUT2D eigenvalue weighted by molar-refractivity contribution is -0.131. The molecule has 1 aliphatic heterocycles. The van der Waals surface area contributed by atoms with E-state index in [2.05, 4.69) is 33.8 Å². The predicted octanol–water partition coefficient (Wildman–Crippen LogP) is 4.46. The molecule has 2 heterocycles. The average molecular weight is 567 g/mol. The standard InChI is InChI=1S/C30H36ClFN6O2/c1-3-35(4-2)18-19-38(30(40)23-10-12-24(32)13-11-23)22-29(39)37-17-7-16-36(20-21-37)28-15-14-27(33-34-28)25-8-5-6-9-26(25)31/h5-6,8-15H,3-4,7,16-22H2,1-2H3. The van der Waals surface area contributed by atoms with Crippen molar-refractivity contribution in [1.82, 2.24) is 24.9 Å². The highest BCUT2D eigenvalue weighted by Gasteiger charge is 2.25. The first-order valence-electron chi connectivity index (χ1n) is 13.8. The van der Waals surface area contributed by atoms with Crippen molar-refractivity contribution in [3.8, 4) is 11.3 Å². The molecule has 3 aromatic rings. The molecule has 0 spiro atoms. The van der Waals surface area contributed by atoms with Crippen LogP contribution in [0.15, 0.2) is 60.7 Å². The molecule has 4 rings (SSSR count). The quantitative estimate of drug-likeness (QED) is 0.361. The van der Waals surface area contributed by atoms with E-state index < -0.39 is 5.82 Å². The average Bonchev–Trinajstić information content (AvgIpc) is 3.24. The molecule has 0 N–H and O–H groups in total. The smallest absolute Gasteiger partial charge is 0.254 e. The Bertz CT molecular complexity index is 1270. The van der Waals surface area contributed by atoms with Crippen LogP contribution in [-0.4, -0.2) is 95.6 Å². The molecule has 40 heavy (non-hydrogen) atoms. The van der Waals surface area contributed by atoms with Gasteiger partial charge in [0.05, 0.1) is 10.7 Å². The van der Waals surface area contributed by atoms with E-state index >= 15 is 0 Å². The molecule has 1 aliphatic rings. The zero-order chi connectivity index (χ0) is 28.5. The fourth-order valence-electron chi connectivity index (χ4n) is 4.80. The number of aromatic nitrogens is 2. The van der Waals surface area contributed by atoms with Crippen molar-refractivity contribution in [3.63, 3.8) is 0 Å². The first kappa shape index (κ1) is 29.4. The Kier molecular flexibility index (Phi) is 10.4. The number of anilines is 1. The molecular formula is C30H36ClFN6O2. The number of benzene rings is 2. The van der Waals surface area contributed by atoms with Crippen LogP contribution in [0.1, 0.15) is 30.6 Å². The van der Waals surface area contributed by atoms with Crippen molar-refractivity contribution >= 4 is 29.2 Å². The maximum atomic E-state index is 13.4. The molecule has 2 aromatic carbocycles. The van der Waals surface area contributed by atoms with Crippen molar-refractivity contribution < 1.29 is 14.0 Å². The summed E-state index contributed by atoms with van der Waals surface area (Å²) in [5, 5.41) is 9.44. The second kappa shape index (κ2) is 14.2. The minimum absolute atomic E-state index is 0.0240. The Balaban J connectivity index is 1.40. The number of amides is 2. The molecule has 0 atom stereocenters. The number of carbonyl (C=O) groups excluding carboxylic acids is 2. The number of carbonyl (C=O) groups is 2. The van der Waals surface area contributed by atoms with E-state index in [1.165, 1.54) is 24.3 Å². The lowest BCUT2D eigenvalue weighted by Gasteiger charge is -2.29. The number of nitrogens with zero attached hydrogens (tertiary/aromatic N) is 6. The maximum absolute atomic E-state index is 13.4. The number of likely N-dealkylation sites (N-methyl/N-ethyl adjacent to an activating group) is 1. The summed E-state index contributed by atoms with van der Waals surface area (Å²) in [7, 11) is 0. The Morgan fingerprint density at radius 1 is 0.900 bits per heavy atom. The van der Waals surface area contributed by atoms with Gasteiger partial charge in [0, 0.05) is 50.4 Å². The van der Waals surface area contributed by atoms with E-state index in [9.17, 15) is 14.0 Å². The molecular weight excluding hydrogens is 531 g/mol. The molecule has 212 valence electrons. The van der Waals surface area contributed by atoms with Crippen LogP contribution < -0.4 is 4.90 Å². The molecule has 1 fully saturated rings. The highest BCUT2D eigenvalue weighted by molar-refractivity contribution is 6.33. The van der Waals surface area contributed by atoms with Gasteiger partial charge in [-0.25, -0.2) is 4.39 Å². The molecule has 10 heteroatoms. The third-order valence-corrected chi connectivity index (χ3v) is 7.59. The van der Waals surface area contributed by atoms with E-state index in [-0.39, 0.29) is 18.4 Å². The van der Waals surface area contributed by atoms with Gasteiger partial charge in [0.1, 0.15) is 12.4 Å². The van der Waals surface area contributed by atoms with Gasteiger partial charge in [0.25, 0.3) is 5.91 Å². The molecule has 0 aliphatic carbocycles. The zero-order valence-electron chi connectivity index (χ0n) is 23.1. The van der Waals surface area contributed by atoms with Gasteiger partial charge in [0.15, 0.2) is 5.82 Å². The van der Waals surface area contributed by atoms with Gasteiger partial charge in [-0.1, -0.05) is 43.6 Å². The minimum atomic E-state index is -0.403. The summed E-state index contributed by atoms with van der Waals surface area (Å²) in [5.41, 5.74) is 1.91. The van der Waals surface area contributed by atoms with Gasteiger partial charge in [-0.3, -0.25) is 9.59 Å². The van der Waals surface area contributed by atoms with Crippen LogP contribution in [0, 0.1) is 5.82 Å². The second-order valence-corrected chi connectivity index (χ2v) is 10.1. The van der Waals surface area contributed by atoms with Gasteiger partial charge in [-0.2, -0.15) is 0 Å². The van der Waals surface area contributed by atoms with Gasteiger partial charge in [-0.05, 0) is 62.0 Å². The normalized spacial score (nSPS) is 13.8. The monoisotopic (exact) mass is 566 g/mol. The number of rotatable bonds is 10. The van der Waals surface area contributed by atoms with Crippen LogP contribution >= 0.6 is 11.6 Å². The van der Waals surface area contributed by atoms with Gasteiger partial charge >= 0.3 is 0 Å². The maximum Gasteiger partial charge on any atom is 0.254 e. The van der Waals surface area contributed by atoms with E-state index in [0.717, 1.165) is 37.4 Å². The Hall–Kier alpha value is -3.56. The van der Waals surface area contributed by atoms with Crippen molar-refractivity contribution in [2.75, 3.05) is 63.8 Å². The van der Waals surface area contributed by atoms with E-state index in [4.69, 9.17) is 11.6 Å². The van der Waals surface area contributed by atoms with Gasteiger partial charge in [-0.15, -0.1) is 10.2 Å². The minimum Gasteiger partial charge on any atom is -0.353 e. The highest BCUT2D eigenvalue weighted by atomic mass is 35.5. The van der Waals surface area contributed by atoms with E-state index in [1.807, 2.05) is 41.3 Å². The van der Waals surface area contributed by atoms with Gasteiger partial charge in [0.2, 0.25) is 5.91 Å². The summed E-state index contributed by atoms with van der Waals surface area (Å²) in [6, 6.07) is 16.8. The fraction of sp³-hybridized carbons (Fsp3) is 0.400. The Labute approximate surface area is 240 Å². The van der Waals surface area contributed by atoms with E-state index in [1.54, 1.807) is 4.90 Å². The Morgan fingerprint density at radius 2 is 1.65 bits per heavy atom. The summed E-state index contributed by atoms with van der Waals surface area (Å²) in [6.07, 6.45) is 0.769. The molecule has 0 saturated carbocycles.